The minimum absolute atomic E-state index is 0.0250. The molecule has 0 aromatic carbocycles. The molecule has 13 heavy (non-hydrogen) atoms. The molecule has 0 heterocycles. The van der Waals surface area contributed by atoms with Crippen LogP contribution in [0.25, 0.3) is 0 Å². The fraction of sp³-hybridized carbons (Fsp3) is 0.900. The summed E-state index contributed by atoms with van der Waals surface area (Å²) < 4.78 is 0. The van der Waals surface area contributed by atoms with E-state index in [-0.39, 0.29) is 17.9 Å². The lowest BCUT2D eigenvalue weighted by Crippen LogP contribution is -2.45. The average molecular weight is 186 g/mol. The van der Waals surface area contributed by atoms with E-state index in [4.69, 9.17) is 5.73 Å². The van der Waals surface area contributed by atoms with Crippen molar-refractivity contribution in [3.63, 3.8) is 0 Å². The van der Waals surface area contributed by atoms with Gasteiger partial charge in [-0.3, -0.25) is 4.79 Å². The van der Waals surface area contributed by atoms with Crippen LogP contribution in [0.2, 0.25) is 0 Å². The molecule has 0 aliphatic carbocycles. The SMILES string of the molecule is CCC(C)C(N)C(=O)NCC(C)C. The normalized spacial score (nSPS) is 15.5. The smallest absolute Gasteiger partial charge is 0.237 e. The van der Waals surface area contributed by atoms with Gasteiger partial charge in [-0.1, -0.05) is 34.1 Å². The first-order valence-corrected chi connectivity index (χ1v) is 5.02. The zero-order valence-electron chi connectivity index (χ0n) is 9.13. The Morgan fingerprint density at radius 3 is 2.31 bits per heavy atom. The van der Waals surface area contributed by atoms with E-state index in [1.165, 1.54) is 0 Å². The van der Waals surface area contributed by atoms with Crippen molar-refractivity contribution in [2.45, 2.75) is 40.2 Å². The predicted octanol–water partition coefficient (Wildman–Crippen LogP) is 1.13. The summed E-state index contributed by atoms with van der Waals surface area (Å²) in [6.45, 7) is 8.88. The van der Waals surface area contributed by atoms with Crippen molar-refractivity contribution >= 4 is 5.91 Å². The Balaban J connectivity index is 3.82. The van der Waals surface area contributed by atoms with Gasteiger partial charge >= 0.3 is 0 Å². The van der Waals surface area contributed by atoms with Gasteiger partial charge < -0.3 is 11.1 Å². The average Bonchev–Trinajstić information content (AvgIpc) is 2.11. The highest BCUT2D eigenvalue weighted by Gasteiger charge is 2.18. The Morgan fingerprint density at radius 2 is 1.92 bits per heavy atom. The number of amides is 1. The summed E-state index contributed by atoms with van der Waals surface area (Å²) in [5, 5.41) is 2.83. The van der Waals surface area contributed by atoms with E-state index >= 15 is 0 Å². The number of nitrogens with one attached hydrogen (secondary N) is 1. The summed E-state index contributed by atoms with van der Waals surface area (Å²) in [6, 6.07) is -0.358. The molecule has 0 fully saturated rings. The first-order valence-electron chi connectivity index (χ1n) is 5.02. The Kier molecular flexibility index (Phi) is 5.71. The largest absolute Gasteiger partial charge is 0.354 e. The number of carbonyl (C=O) groups is 1. The molecule has 0 rings (SSSR count). The summed E-state index contributed by atoms with van der Waals surface area (Å²) in [7, 11) is 0. The highest BCUT2D eigenvalue weighted by Crippen LogP contribution is 2.05. The van der Waals surface area contributed by atoms with Gasteiger partial charge in [-0.2, -0.15) is 0 Å². The fourth-order valence-corrected chi connectivity index (χ4v) is 0.935. The van der Waals surface area contributed by atoms with Crippen LogP contribution in [0.15, 0.2) is 0 Å². The lowest BCUT2D eigenvalue weighted by Gasteiger charge is -2.18. The topological polar surface area (TPSA) is 55.1 Å². The summed E-state index contributed by atoms with van der Waals surface area (Å²) >= 11 is 0. The zero-order valence-corrected chi connectivity index (χ0v) is 9.13. The van der Waals surface area contributed by atoms with Crippen LogP contribution in [0.4, 0.5) is 0 Å². The Labute approximate surface area is 81.1 Å². The van der Waals surface area contributed by atoms with E-state index in [9.17, 15) is 4.79 Å². The van der Waals surface area contributed by atoms with Crippen molar-refractivity contribution in [1.29, 1.82) is 0 Å². The zero-order chi connectivity index (χ0) is 10.4. The van der Waals surface area contributed by atoms with E-state index in [0.717, 1.165) is 6.42 Å². The molecule has 3 nitrogen and oxygen atoms in total. The quantitative estimate of drug-likeness (QED) is 0.676. The Morgan fingerprint density at radius 1 is 1.38 bits per heavy atom. The van der Waals surface area contributed by atoms with Crippen molar-refractivity contribution in [2.24, 2.45) is 17.6 Å². The first-order chi connectivity index (χ1) is 5.99. The van der Waals surface area contributed by atoms with Crippen LogP contribution in [0, 0.1) is 11.8 Å². The van der Waals surface area contributed by atoms with Gasteiger partial charge in [0.15, 0.2) is 0 Å². The molecule has 0 bridgehead atoms. The summed E-state index contributed by atoms with van der Waals surface area (Å²) in [4.78, 5) is 11.4. The van der Waals surface area contributed by atoms with Crippen LogP contribution in [-0.4, -0.2) is 18.5 Å². The van der Waals surface area contributed by atoms with Crippen molar-refractivity contribution in [1.82, 2.24) is 5.32 Å². The molecule has 0 aromatic rings. The van der Waals surface area contributed by atoms with Crippen LogP contribution >= 0.6 is 0 Å². The van der Waals surface area contributed by atoms with Crippen LogP contribution < -0.4 is 11.1 Å². The summed E-state index contributed by atoms with van der Waals surface area (Å²) in [5.41, 5.74) is 5.75. The standard InChI is InChI=1S/C10H22N2O/c1-5-8(4)9(11)10(13)12-6-7(2)3/h7-9H,5-6,11H2,1-4H3,(H,12,13). The second-order valence-electron chi connectivity index (χ2n) is 4.05. The molecule has 0 spiro atoms. The van der Waals surface area contributed by atoms with E-state index < -0.39 is 0 Å². The van der Waals surface area contributed by atoms with Crippen molar-refractivity contribution in [3.05, 3.63) is 0 Å². The number of carbonyl (C=O) groups excluding carboxylic acids is 1. The van der Waals surface area contributed by atoms with E-state index in [2.05, 4.69) is 19.2 Å². The molecule has 0 saturated heterocycles. The lowest BCUT2D eigenvalue weighted by atomic mass is 9.99. The van der Waals surface area contributed by atoms with Crippen LogP contribution in [0.5, 0.6) is 0 Å². The molecule has 0 saturated carbocycles. The van der Waals surface area contributed by atoms with Crippen molar-refractivity contribution in [2.75, 3.05) is 6.54 Å². The third-order valence-electron chi connectivity index (χ3n) is 2.24. The maximum Gasteiger partial charge on any atom is 0.237 e. The third-order valence-corrected chi connectivity index (χ3v) is 2.24. The second-order valence-corrected chi connectivity index (χ2v) is 4.05. The molecule has 0 aliphatic rings. The minimum Gasteiger partial charge on any atom is -0.354 e. The van der Waals surface area contributed by atoms with E-state index in [1.54, 1.807) is 0 Å². The predicted molar refractivity (Wildman–Crippen MR) is 55.3 cm³/mol. The monoisotopic (exact) mass is 186 g/mol. The Bertz CT molecular complexity index is 157. The Hall–Kier alpha value is -0.570. The van der Waals surface area contributed by atoms with Crippen LogP contribution in [0.3, 0.4) is 0 Å². The minimum atomic E-state index is -0.358. The molecule has 0 aromatic heterocycles. The molecule has 3 N–H and O–H groups in total. The number of nitrogens with two attached hydrogens (primary N) is 1. The molecule has 1 amide bonds. The fourth-order valence-electron chi connectivity index (χ4n) is 0.935. The highest BCUT2D eigenvalue weighted by molar-refractivity contribution is 5.81. The number of rotatable bonds is 5. The molecule has 0 radical (unpaired) electrons. The molecule has 78 valence electrons. The molecule has 3 heteroatoms. The van der Waals surface area contributed by atoms with Gasteiger partial charge in [0.1, 0.15) is 0 Å². The summed E-state index contributed by atoms with van der Waals surface area (Å²) in [5.74, 6) is 0.711. The van der Waals surface area contributed by atoms with E-state index in [0.29, 0.717) is 12.5 Å². The van der Waals surface area contributed by atoms with Crippen LogP contribution in [-0.2, 0) is 4.79 Å². The van der Waals surface area contributed by atoms with Gasteiger partial charge in [0.2, 0.25) is 5.91 Å². The maximum atomic E-state index is 11.4. The van der Waals surface area contributed by atoms with Crippen LogP contribution in [0.1, 0.15) is 34.1 Å². The molecular weight excluding hydrogens is 164 g/mol. The van der Waals surface area contributed by atoms with Gasteiger partial charge in [0.05, 0.1) is 6.04 Å². The highest BCUT2D eigenvalue weighted by atomic mass is 16.2. The first kappa shape index (κ1) is 12.4. The van der Waals surface area contributed by atoms with Gasteiger partial charge in [-0.15, -0.1) is 0 Å². The van der Waals surface area contributed by atoms with E-state index in [1.807, 2.05) is 13.8 Å². The van der Waals surface area contributed by atoms with Crippen molar-refractivity contribution in [3.8, 4) is 0 Å². The molecule has 2 atom stereocenters. The summed E-state index contributed by atoms with van der Waals surface area (Å²) in [6.07, 6.45) is 0.941. The van der Waals surface area contributed by atoms with Crippen molar-refractivity contribution < 1.29 is 4.79 Å². The van der Waals surface area contributed by atoms with Gasteiger partial charge in [0, 0.05) is 6.54 Å². The number of hydrogen-bond acceptors (Lipinski definition) is 2. The lowest BCUT2D eigenvalue weighted by molar-refractivity contribution is -0.123. The maximum absolute atomic E-state index is 11.4. The molecule has 2 unspecified atom stereocenters. The van der Waals surface area contributed by atoms with Gasteiger partial charge in [0.25, 0.3) is 0 Å². The van der Waals surface area contributed by atoms with Gasteiger partial charge in [-0.05, 0) is 11.8 Å². The second kappa shape index (κ2) is 5.97. The molecule has 0 aliphatic heterocycles. The molecular formula is C10H22N2O. The third kappa shape index (κ3) is 4.88. The van der Waals surface area contributed by atoms with Gasteiger partial charge in [-0.25, -0.2) is 0 Å². The number of hydrogen-bond donors (Lipinski definition) is 2.